The van der Waals surface area contributed by atoms with Crippen LogP contribution in [-0.4, -0.2) is 56.9 Å². The first-order valence-corrected chi connectivity index (χ1v) is 9.95. The molecule has 2 aliphatic rings. The van der Waals surface area contributed by atoms with E-state index < -0.39 is 10.0 Å². The molecule has 0 spiro atoms. The van der Waals surface area contributed by atoms with Crippen LogP contribution in [0.25, 0.3) is 0 Å². The highest BCUT2D eigenvalue weighted by Gasteiger charge is 2.30. The first-order chi connectivity index (χ1) is 11.9. The van der Waals surface area contributed by atoms with Gasteiger partial charge in [-0.05, 0) is 32.4 Å². The third-order valence-electron chi connectivity index (χ3n) is 4.25. The number of sulfonamides is 1. The van der Waals surface area contributed by atoms with Crippen molar-refractivity contribution < 1.29 is 17.9 Å². The van der Waals surface area contributed by atoms with Crippen LogP contribution < -0.4 is 4.72 Å². The number of hydrogen-bond donors (Lipinski definition) is 1. The predicted molar refractivity (Wildman–Crippen MR) is 94.0 cm³/mol. The number of aliphatic imine (C=N–C) groups is 1. The summed E-state index contributed by atoms with van der Waals surface area (Å²) in [6.07, 6.45) is 1.08. The molecule has 0 bridgehead atoms. The molecule has 0 aromatic heterocycles. The van der Waals surface area contributed by atoms with Gasteiger partial charge in [-0.15, -0.1) is 0 Å². The molecule has 1 amide bonds. The molecule has 2 atom stereocenters. The van der Waals surface area contributed by atoms with Crippen LogP contribution in [0.3, 0.4) is 0 Å². The van der Waals surface area contributed by atoms with Crippen molar-refractivity contribution in [3.63, 3.8) is 0 Å². The highest BCUT2D eigenvalue weighted by molar-refractivity contribution is 7.90. The number of benzene rings is 1. The van der Waals surface area contributed by atoms with E-state index in [0.717, 1.165) is 0 Å². The molecule has 1 N–H and O–H groups in total. The lowest BCUT2D eigenvalue weighted by Crippen LogP contribution is -2.48. The van der Waals surface area contributed by atoms with Gasteiger partial charge in [0.15, 0.2) is 0 Å². The lowest BCUT2D eigenvalue weighted by atomic mass is 10.2. The Morgan fingerprint density at radius 1 is 1.28 bits per heavy atom. The average Bonchev–Trinajstić information content (AvgIpc) is 2.82. The zero-order valence-corrected chi connectivity index (χ0v) is 15.3. The molecule has 1 aromatic rings. The number of fused-ring (bicyclic) bond motifs is 1. The van der Waals surface area contributed by atoms with E-state index in [1.165, 1.54) is 0 Å². The molecular formula is C17H23N3O4S. The molecule has 0 aliphatic carbocycles. The topological polar surface area (TPSA) is 88.1 Å². The molecule has 0 radical (unpaired) electrons. The fourth-order valence-corrected chi connectivity index (χ4v) is 4.46. The fraction of sp³-hybridized carbons (Fsp3) is 0.529. The molecule has 1 aromatic carbocycles. The fourth-order valence-electron chi connectivity index (χ4n) is 3.21. The summed E-state index contributed by atoms with van der Waals surface area (Å²) in [5.41, 5.74) is 0.588. The second-order valence-electron chi connectivity index (χ2n) is 6.49. The molecule has 8 heteroatoms. The molecule has 0 saturated carbocycles. The third kappa shape index (κ3) is 4.01. The maximum Gasteiger partial charge on any atom is 0.263 e. The highest BCUT2D eigenvalue weighted by atomic mass is 32.2. The summed E-state index contributed by atoms with van der Waals surface area (Å²) in [5.74, 6) is 0.450. The minimum Gasteiger partial charge on any atom is -0.372 e. The van der Waals surface area contributed by atoms with E-state index >= 15 is 0 Å². The van der Waals surface area contributed by atoms with E-state index in [-0.39, 0.29) is 23.0 Å². The summed E-state index contributed by atoms with van der Waals surface area (Å²) in [4.78, 5) is 18.7. The summed E-state index contributed by atoms with van der Waals surface area (Å²) in [6.45, 7) is 5.56. The van der Waals surface area contributed by atoms with Gasteiger partial charge in [-0.2, -0.15) is 0 Å². The Kier molecular flexibility index (Phi) is 5.10. The number of carbonyl (C=O) groups excluding carboxylic acids is 1. The Bertz CT molecular complexity index is 781. The van der Waals surface area contributed by atoms with Gasteiger partial charge in [-0.3, -0.25) is 14.5 Å². The maximum absolute atomic E-state index is 12.3. The Labute approximate surface area is 148 Å². The van der Waals surface area contributed by atoms with Crippen molar-refractivity contribution in [3.05, 3.63) is 29.8 Å². The Hall–Kier alpha value is -1.93. The van der Waals surface area contributed by atoms with E-state index in [4.69, 9.17) is 4.74 Å². The van der Waals surface area contributed by atoms with Crippen molar-refractivity contribution in [1.82, 2.24) is 9.62 Å². The number of nitrogens with zero attached hydrogens (tertiary/aromatic N) is 2. The number of amides is 1. The monoisotopic (exact) mass is 365 g/mol. The van der Waals surface area contributed by atoms with E-state index in [1.54, 1.807) is 24.3 Å². The normalized spacial score (nSPS) is 26.3. The summed E-state index contributed by atoms with van der Waals surface area (Å²) < 4.78 is 32.1. The van der Waals surface area contributed by atoms with Crippen molar-refractivity contribution in [1.29, 1.82) is 0 Å². The number of ether oxygens (including phenoxy) is 1. The van der Waals surface area contributed by atoms with Crippen LogP contribution >= 0.6 is 0 Å². The molecule has 1 saturated heterocycles. The van der Waals surface area contributed by atoms with Crippen molar-refractivity contribution >= 4 is 21.8 Å². The molecule has 7 nitrogen and oxygen atoms in total. The second kappa shape index (κ2) is 7.13. The van der Waals surface area contributed by atoms with Crippen LogP contribution in [0.1, 0.15) is 32.3 Å². The summed E-state index contributed by atoms with van der Waals surface area (Å²) in [5, 5.41) is 0. The largest absolute Gasteiger partial charge is 0.372 e. The van der Waals surface area contributed by atoms with Gasteiger partial charge in [0.05, 0.1) is 17.1 Å². The van der Waals surface area contributed by atoms with Gasteiger partial charge in [-0.1, -0.05) is 12.1 Å². The van der Waals surface area contributed by atoms with Gasteiger partial charge in [0.1, 0.15) is 5.84 Å². The highest BCUT2D eigenvalue weighted by Crippen LogP contribution is 2.22. The molecule has 3 rings (SSSR count). The van der Waals surface area contributed by atoms with Crippen LogP contribution in [0, 0.1) is 0 Å². The third-order valence-corrected chi connectivity index (χ3v) is 5.65. The number of morpholine rings is 1. The van der Waals surface area contributed by atoms with Gasteiger partial charge >= 0.3 is 0 Å². The van der Waals surface area contributed by atoms with Crippen LogP contribution in [0.15, 0.2) is 34.2 Å². The number of hydrogen-bond acceptors (Lipinski definition) is 5. The number of nitrogens with one attached hydrogen (secondary N) is 1. The second-order valence-corrected chi connectivity index (χ2v) is 8.14. The molecular weight excluding hydrogens is 342 g/mol. The van der Waals surface area contributed by atoms with Crippen LogP contribution in [-0.2, 0) is 19.6 Å². The standard InChI is InChI=1S/C17H23N3O4S/c1-12-10-20(11-13(2)24-12)16(21)8-5-9-18-17-14-6-3-4-7-15(14)25(22,23)19-17/h3-4,6-7,12-13H,5,8-11H2,1-2H3,(H,18,19). The summed E-state index contributed by atoms with van der Waals surface area (Å²) >= 11 is 0. The van der Waals surface area contributed by atoms with E-state index in [0.29, 0.717) is 43.9 Å². The van der Waals surface area contributed by atoms with Gasteiger partial charge in [0, 0.05) is 31.6 Å². The molecule has 136 valence electrons. The average molecular weight is 365 g/mol. The Balaban J connectivity index is 1.55. The Morgan fingerprint density at radius 2 is 1.96 bits per heavy atom. The van der Waals surface area contributed by atoms with Crippen molar-refractivity contribution in [2.24, 2.45) is 4.99 Å². The number of amidine groups is 1. The van der Waals surface area contributed by atoms with Gasteiger partial charge in [0.2, 0.25) is 5.91 Å². The first kappa shape index (κ1) is 17.9. The molecule has 1 fully saturated rings. The van der Waals surface area contributed by atoms with Crippen LogP contribution in [0.2, 0.25) is 0 Å². The SMILES string of the molecule is CC1CN(C(=O)CCCN=C2NS(=O)(=O)c3ccccc32)CC(C)O1. The smallest absolute Gasteiger partial charge is 0.263 e. The van der Waals surface area contributed by atoms with Gasteiger partial charge < -0.3 is 9.64 Å². The lowest BCUT2D eigenvalue weighted by molar-refractivity contribution is -0.143. The van der Waals surface area contributed by atoms with E-state index in [9.17, 15) is 13.2 Å². The van der Waals surface area contributed by atoms with Crippen LogP contribution in [0.5, 0.6) is 0 Å². The molecule has 25 heavy (non-hydrogen) atoms. The Morgan fingerprint density at radius 3 is 2.68 bits per heavy atom. The minimum atomic E-state index is -3.51. The van der Waals surface area contributed by atoms with Gasteiger partial charge in [0.25, 0.3) is 10.0 Å². The predicted octanol–water partition coefficient (Wildman–Crippen LogP) is 1.14. The van der Waals surface area contributed by atoms with Crippen molar-refractivity contribution in [2.75, 3.05) is 19.6 Å². The summed E-state index contributed by atoms with van der Waals surface area (Å²) in [7, 11) is -3.51. The van der Waals surface area contributed by atoms with Crippen molar-refractivity contribution in [3.8, 4) is 0 Å². The van der Waals surface area contributed by atoms with Gasteiger partial charge in [-0.25, -0.2) is 8.42 Å². The zero-order chi connectivity index (χ0) is 18.0. The molecule has 2 unspecified atom stereocenters. The molecule has 2 heterocycles. The number of carbonyl (C=O) groups is 1. The van der Waals surface area contributed by atoms with Crippen LogP contribution in [0.4, 0.5) is 0 Å². The quantitative estimate of drug-likeness (QED) is 0.811. The molecule has 2 aliphatic heterocycles. The first-order valence-electron chi connectivity index (χ1n) is 8.47. The minimum absolute atomic E-state index is 0.0531. The van der Waals surface area contributed by atoms with E-state index in [1.807, 2.05) is 18.7 Å². The van der Waals surface area contributed by atoms with Crippen molar-refractivity contribution in [2.45, 2.75) is 43.8 Å². The number of rotatable bonds is 4. The maximum atomic E-state index is 12.3. The van der Waals surface area contributed by atoms with E-state index in [2.05, 4.69) is 9.71 Å². The lowest BCUT2D eigenvalue weighted by Gasteiger charge is -2.35. The summed E-state index contributed by atoms with van der Waals surface area (Å²) in [6, 6.07) is 6.75. The zero-order valence-electron chi connectivity index (χ0n) is 14.4.